The van der Waals surface area contributed by atoms with Crippen LogP contribution in [0.2, 0.25) is 0 Å². The Hall–Kier alpha value is -2.58. The van der Waals surface area contributed by atoms with E-state index < -0.39 is 35.3 Å². The molecule has 0 aromatic rings. The first kappa shape index (κ1) is 27.0. The summed E-state index contributed by atoms with van der Waals surface area (Å²) in [5.74, 6) is -1.06. The predicted molar refractivity (Wildman–Crippen MR) is 130 cm³/mol. The predicted octanol–water partition coefficient (Wildman–Crippen LogP) is 3.08. The van der Waals surface area contributed by atoms with Gasteiger partial charge < -0.3 is 25.0 Å². The maximum atomic E-state index is 13.6. The van der Waals surface area contributed by atoms with Gasteiger partial charge in [0, 0.05) is 12.5 Å². The lowest BCUT2D eigenvalue weighted by Crippen LogP contribution is -2.56. The number of esters is 1. The molecule has 5 atom stereocenters. The number of fused-ring (bicyclic) bond motifs is 2. The number of hydrogen-bond donors (Lipinski definition) is 2. The Kier molecular flexibility index (Phi) is 8.49. The van der Waals surface area contributed by atoms with E-state index in [4.69, 9.17) is 9.47 Å². The minimum Gasteiger partial charge on any atom is -0.464 e. The highest BCUT2D eigenvalue weighted by Gasteiger charge is 2.62. The molecular weight excluding hydrogens is 450 g/mol. The highest BCUT2D eigenvalue weighted by molar-refractivity contribution is 5.96. The van der Waals surface area contributed by atoms with Gasteiger partial charge in [-0.15, -0.1) is 0 Å². The number of allylic oxidation sites excluding steroid dienone is 1. The normalized spacial score (nSPS) is 32.8. The summed E-state index contributed by atoms with van der Waals surface area (Å²) in [6, 6.07) is -1.49. The Morgan fingerprint density at radius 2 is 1.97 bits per heavy atom. The molecule has 0 bridgehead atoms. The number of amides is 3. The zero-order valence-electron chi connectivity index (χ0n) is 21.7. The summed E-state index contributed by atoms with van der Waals surface area (Å²) >= 11 is 0. The summed E-state index contributed by atoms with van der Waals surface area (Å²) in [6.07, 6.45) is 8.30. The molecule has 3 rings (SSSR count). The number of rotatable bonds is 3. The molecule has 1 saturated heterocycles. The lowest BCUT2D eigenvalue weighted by atomic mass is 10.0. The van der Waals surface area contributed by atoms with E-state index in [2.05, 4.69) is 16.7 Å². The van der Waals surface area contributed by atoms with E-state index in [1.165, 1.54) is 0 Å². The molecule has 35 heavy (non-hydrogen) atoms. The number of nitrogens with zero attached hydrogens (tertiary/aromatic N) is 1. The summed E-state index contributed by atoms with van der Waals surface area (Å²) in [5, 5.41) is 5.70. The maximum Gasteiger partial charge on any atom is 0.408 e. The van der Waals surface area contributed by atoms with E-state index in [-0.39, 0.29) is 30.3 Å². The highest BCUT2D eigenvalue weighted by atomic mass is 16.6. The van der Waals surface area contributed by atoms with Gasteiger partial charge in [-0.05, 0) is 65.7 Å². The van der Waals surface area contributed by atoms with E-state index in [0.29, 0.717) is 25.8 Å². The Bertz CT molecular complexity index is 851. The monoisotopic (exact) mass is 491 g/mol. The molecule has 9 nitrogen and oxygen atoms in total. The first-order valence-corrected chi connectivity index (χ1v) is 12.9. The first-order chi connectivity index (χ1) is 16.5. The van der Waals surface area contributed by atoms with Crippen molar-refractivity contribution in [3.05, 3.63) is 12.2 Å². The molecule has 0 radical (unpaired) electrons. The van der Waals surface area contributed by atoms with Crippen LogP contribution in [0, 0.1) is 11.8 Å². The Morgan fingerprint density at radius 3 is 2.66 bits per heavy atom. The molecule has 3 amide bonds. The quantitative estimate of drug-likeness (QED) is 0.463. The van der Waals surface area contributed by atoms with Crippen LogP contribution >= 0.6 is 0 Å². The van der Waals surface area contributed by atoms with Crippen LogP contribution in [0.5, 0.6) is 0 Å². The van der Waals surface area contributed by atoms with Gasteiger partial charge in [-0.1, -0.05) is 31.9 Å². The smallest absolute Gasteiger partial charge is 0.408 e. The van der Waals surface area contributed by atoms with E-state index in [1.54, 1.807) is 32.6 Å². The van der Waals surface area contributed by atoms with Gasteiger partial charge in [0.1, 0.15) is 23.2 Å². The van der Waals surface area contributed by atoms with E-state index in [9.17, 15) is 19.2 Å². The average molecular weight is 492 g/mol. The van der Waals surface area contributed by atoms with Gasteiger partial charge in [0.05, 0.1) is 6.61 Å². The van der Waals surface area contributed by atoms with Crippen LogP contribution in [-0.2, 0) is 23.9 Å². The third kappa shape index (κ3) is 6.76. The molecule has 3 aliphatic rings. The van der Waals surface area contributed by atoms with Crippen molar-refractivity contribution in [3.63, 3.8) is 0 Å². The molecule has 2 aliphatic heterocycles. The van der Waals surface area contributed by atoms with Crippen LogP contribution in [0.1, 0.15) is 79.6 Å². The SMILES string of the molecule is CCOC(=O)[C@@]12CC1/C=C\CCCCC[C@H](NC(=O)OC(C)(C)C)C(=O)N1C[C@@H](C)C[C@H]1C(=O)N2. The fourth-order valence-corrected chi connectivity index (χ4v) is 5.01. The lowest BCUT2D eigenvalue weighted by molar-refractivity contribution is -0.150. The van der Waals surface area contributed by atoms with Crippen LogP contribution in [0.4, 0.5) is 4.79 Å². The van der Waals surface area contributed by atoms with Crippen molar-refractivity contribution in [1.29, 1.82) is 0 Å². The van der Waals surface area contributed by atoms with Gasteiger partial charge in [-0.2, -0.15) is 0 Å². The zero-order valence-corrected chi connectivity index (χ0v) is 21.7. The summed E-state index contributed by atoms with van der Waals surface area (Å²) < 4.78 is 10.7. The Morgan fingerprint density at radius 1 is 1.23 bits per heavy atom. The Balaban J connectivity index is 1.84. The van der Waals surface area contributed by atoms with Crippen molar-refractivity contribution in [1.82, 2.24) is 15.5 Å². The lowest BCUT2D eigenvalue weighted by Gasteiger charge is -2.30. The molecule has 9 heteroatoms. The van der Waals surface area contributed by atoms with E-state index in [1.807, 2.05) is 13.0 Å². The summed E-state index contributed by atoms with van der Waals surface area (Å²) in [5.41, 5.74) is -1.76. The molecule has 2 fully saturated rings. The minimum absolute atomic E-state index is 0.111. The standard InChI is InChI=1S/C26H41N3O6/c1-6-34-23(32)26-15-18(26)12-10-8-7-9-11-13-19(27-24(33)35-25(3,4)5)22(31)29-16-17(2)14-20(29)21(30)28-26/h10,12,17-20H,6-9,11,13-16H2,1-5H3,(H,27,33)(H,28,30)/b12-10-/t17-,18?,19-,20-,26+/m0/s1. The minimum atomic E-state index is -1.07. The van der Waals surface area contributed by atoms with Crippen LogP contribution in [0.15, 0.2) is 12.2 Å². The summed E-state index contributed by atoms with van der Waals surface area (Å²) in [6.45, 7) is 9.69. The highest BCUT2D eigenvalue weighted by Crippen LogP contribution is 2.46. The number of carbonyl (C=O) groups excluding carboxylic acids is 4. The molecule has 196 valence electrons. The Labute approximate surface area is 208 Å². The molecular formula is C26H41N3O6. The molecule has 1 unspecified atom stereocenters. The second kappa shape index (κ2) is 11.0. The van der Waals surface area contributed by atoms with Crippen LogP contribution in [0.3, 0.4) is 0 Å². The molecule has 1 saturated carbocycles. The molecule has 1 aliphatic carbocycles. The third-order valence-corrected chi connectivity index (χ3v) is 6.82. The van der Waals surface area contributed by atoms with Crippen molar-refractivity contribution in [2.24, 2.45) is 11.8 Å². The van der Waals surface area contributed by atoms with Crippen LogP contribution in [-0.4, -0.2) is 65.2 Å². The van der Waals surface area contributed by atoms with Gasteiger partial charge in [-0.3, -0.25) is 9.59 Å². The largest absolute Gasteiger partial charge is 0.464 e. The van der Waals surface area contributed by atoms with Crippen LogP contribution in [0.25, 0.3) is 0 Å². The van der Waals surface area contributed by atoms with E-state index in [0.717, 1.165) is 25.7 Å². The van der Waals surface area contributed by atoms with Gasteiger partial charge in [0.25, 0.3) is 0 Å². The topological polar surface area (TPSA) is 114 Å². The number of hydrogen-bond acceptors (Lipinski definition) is 6. The second-order valence-corrected chi connectivity index (χ2v) is 11.1. The molecule has 2 N–H and O–H groups in total. The van der Waals surface area contributed by atoms with Gasteiger partial charge in [0.2, 0.25) is 11.8 Å². The molecule has 0 aromatic heterocycles. The number of carbonyl (C=O) groups is 4. The zero-order chi connectivity index (χ0) is 25.8. The maximum absolute atomic E-state index is 13.6. The summed E-state index contributed by atoms with van der Waals surface area (Å²) in [7, 11) is 0. The molecule has 0 aromatic carbocycles. The number of alkyl carbamates (subject to hydrolysis) is 1. The van der Waals surface area contributed by atoms with Crippen LogP contribution < -0.4 is 10.6 Å². The molecule has 2 heterocycles. The van der Waals surface area contributed by atoms with Crippen molar-refractivity contribution >= 4 is 23.9 Å². The number of nitrogens with one attached hydrogen (secondary N) is 2. The van der Waals surface area contributed by atoms with Gasteiger partial charge >= 0.3 is 12.1 Å². The first-order valence-electron chi connectivity index (χ1n) is 12.9. The molecule has 0 spiro atoms. The average Bonchev–Trinajstić information content (AvgIpc) is 3.30. The summed E-state index contributed by atoms with van der Waals surface area (Å²) in [4.78, 5) is 53.9. The van der Waals surface area contributed by atoms with Crippen molar-refractivity contribution in [3.8, 4) is 0 Å². The van der Waals surface area contributed by atoms with Gasteiger partial charge in [-0.25, -0.2) is 9.59 Å². The third-order valence-electron chi connectivity index (χ3n) is 6.82. The fraction of sp³-hybridized carbons (Fsp3) is 0.769. The van der Waals surface area contributed by atoms with Crippen molar-refractivity contribution < 1.29 is 28.7 Å². The van der Waals surface area contributed by atoms with Crippen molar-refractivity contribution in [2.45, 2.75) is 103 Å². The fourth-order valence-electron chi connectivity index (χ4n) is 5.01. The van der Waals surface area contributed by atoms with Crippen molar-refractivity contribution in [2.75, 3.05) is 13.2 Å². The number of ether oxygens (including phenoxy) is 2. The van der Waals surface area contributed by atoms with Gasteiger partial charge in [0.15, 0.2) is 0 Å². The van der Waals surface area contributed by atoms with E-state index >= 15 is 0 Å². The second-order valence-electron chi connectivity index (χ2n) is 11.1.